The van der Waals surface area contributed by atoms with E-state index in [1.165, 1.54) is 0 Å². The van der Waals surface area contributed by atoms with Crippen molar-refractivity contribution in [3.63, 3.8) is 0 Å². The lowest BCUT2D eigenvalue weighted by atomic mass is 10.0. The molecule has 0 unspecified atom stereocenters. The third-order valence-electron chi connectivity index (χ3n) is 9.27. The van der Waals surface area contributed by atoms with E-state index in [1.807, 2.05) is 72.8 Å². The second-order valence-corrected chi connectivity index (χ2v) is 12.2. The van der Waals surface area contributed by atoms with Gasteiger partial charge in [0.1, 0.15) is 11.2 Å². The van der Waals surface area contributed by atoms with E-state index in [2.05, 4.69) is 66.7 Å². The summed E-state index contributed by atoms with van der Waals surface area (Å²) in [5.74, 6) is 1.79. The number of hydrogen-bond acceptors (Lipinski definition) is 5. The summed E-state index contributed by atoms with van der Waals surface area (Å²) in [5, 5.41) is 2.21. The lowest BCUT2D eigenvalue weighted by Crippen LogP contribution is -2.19. The maximum atomic E-state index is 12.5. The van der Waals surface area contributed by atoms with Crippen molar-refractivity contribution in [2.24, 2.45) is 14.1 Å². The Kier molecular flexibility index (Phi) is 6.59. The van der Waals surface area contributed by atoms with Gasteiger partial charge in [-0.1, -0.05) is 121 Å². The number of hydrogen-bond donors (Lipinski definition) is 0. The van der Waals surface area contributed by atoms with Gasteiger partial charge in [-0.25, -0.2) is 19.7 Å². The monoisotopic (exact) mass is 635 g/mol. The molecule has 234 valence electrons. The van der Waals surface area contributed by atoms with E-state index >= 15 is 0 Å². The fourth-order valence-electron chi connectivity index (χ4n) is 6.62. The molecule has 0 fully saturated rings. The van der Waals surface area contributed by atoms with Crippen LogP contribution in [0.3, 0.4) is 0 Å². The fourth-order valence-corrected chi connectivity index (χ4v) is 6.62. The number of benzene rings is 6. The van der Waals surface area contributed by atoms with E-state index in [0.717, 1.165) is 71.9 Å². The lowest BCUT2D eigenvalue weighted by molar-refractivity contribution is 0.670. The standard InChI is InChI=1S/C42H29N5O2/c1-46-35-24-23-31(25-36(35)47(2)42(46)48)26-15-19-29(20-16-26)40-43-39(28-9-4-3-5-10-28)44-41(45-40)30-21-17-27(18-22-30)32-12-8-13-34-33-11-6-7-14-37(33)49-38(32)34/h3-25H,1-2H3. The second kappa shape index (κ2) is 11.3. The van der Waals surface area contributed by atoms with Crippen LogP contribution >= 0.6 is 0 Å². The summed E-state index contributed by atoms with van der Waals surface area (Å²) in [6.45, 7) is 0. The molecular weight excluding hydrogens is 606 g/mol. The van der Waals surface area contributed by atoms with Crippen LogP contribution in [0.25, 0.3) is 89.4 Å². The molecule has 7 heteroatoms. The third kappa shape index (κ3) is 4.83. The fraction of sp³-hybridized carbons (Fsp3) is 0.0476. The van der Waals surface area contributed by atoms with Crippen LogP contribution in [-0.2, 0) is 14.1 Å². The summed E-state index contributed by atoms with van der Waals surface area (Å²) in [4.78, 5) is 27.3. The Morgan fingerprint density at radius 2 is 1.00 bits per heavy atom. The van der Waals surface area contributed by atoms with Crippen molar-refractivity contribution in [3.05, 3.63) is 150 Å². The summed E-state index contributed by atoms with van der Waals surface area (Å²) in [6, 6.07) is 47.0. The van der Waals surface area contributed by atoms with Crippen LogP contribution in [0.5, 0.6) is 0 Å². The lowest BCUT2D eigenvalue weighted by Gasteiger charge is -2.10. The largest absolute Gasteiger partial charge is 0.455 e. The first kappa shape index (κ1) is 28.6. The first-order valence-electron chi connectivity index (χ1n) is 16.1. The highest BCUT2D eigenvalue weighted by atomic mass is 16.3. The number of para-hydroxylation sites is 2. The molecule has 6 aromatic carbocycles. The zero-order valence-corrected chi connectivity index (χ0v) is 26.8. The Labute approximate surface area is 281 Å². The van der Waals surface area contributed by atoms with Crippen LogP contribution < -0.4 is 5.69 Å². The Balaban J connectivity index is 1.10. The highest BCUT2D eigenvalue weighted by Crippen LogP contribution is 2.36. The highest BCUT2D eigenvalue weighted by Gasteiger charge is 2.15. The highest BCUT2D eigenvalue weighted by molar-refractivity contribution is 6.09. The van der Waals surface area contributed by atoms with Crippen LogP contribution in [-0.4, -0.2) is 24.1 Å². The molecule has 0 saturated heterocycles. The molecule has 3 heterocycles. The van der Waals surface area contributed by atoms with Gasteiger partial charge >= 0.3 is 5.69 Å². The molecule has 0 saturated carbocycles. The van der Waals surface area contributed by atoms with E-state index in [1.54, 1.807) is 23.2 Å². The van der Waals surface area contributed by atoms with Crippen molar-refractivity contribution >= 4 is 33.0 Å². The first-order valence-corrected chi connectivity index (χ1v) is 16.1. The Morgan fingerprint density at radius 3 is 1.69 bits per heavy atom. The van der Waals surface area contributed by atoms with Crippen LogP contribution in [0.2, 0.25) is 0 Å². The maximum absolute atomic E-state index is 12.5. The van der Waals surface area contributed by atoms with Crippen molar-refractivity contribution in [3.8, 4) is 56.4 Å². The van der Waals surface area contributed by atoms with Gasteiger partial charge in [0.25, 0.3) is 0 Å². The van der Waals surface area contributed by atoms with Gasteiger partial charge in [0.2, 0.25) is 0 Å². The molecular formula is C42H29N5O2. The molecule has 0 amide bonds. The molecule has 0 spiro atoms. The molecule has 0 bridgehead atoms. The van der Waals surface area contributed by atoms with Gasteiger partial charge in [-0.05, 0) is 34.9 Å². The van der Waals surface area contributed by atoms with Crippen molar-refractivity contribution in [2.45, 2.75) is 0 Å². The minimum absolute atomic E-state index is 0.0411. The van der Waals surface area contributed by atoms with Crippen molar-refractivity contribution < 1.29 is 4.42 Å². The molecule has 7 nitrogen and oxygen atoms in total. The van der Waals surface area contributed by atoms with E-state index < -0.39 is 0 Å². The van der Waals surface area contributed by atoms with Crippen molar-refractivity contribution in [1.29, 1.82) is 0 Å². The van der Waals surface area contributed by atoms with Crippen LogP contribution in [0.4, 0.5) is 0 Å². The molecule has 3 aromatic heterocycles. The summed E-state index contributed by atoms with van der Waals surface area (Å²) >= 11 is 0. The van der Waals surface area contributed by atoms with E-state index in [4.69, 9.17) is 19.4 Å². The average molecular weight is 636 g/mol. The van der Waals surface area contributed by atoms with Gasteiger partial charge in [-0.15, -0.1) is 0 Å². The van der Waals surface area contributed by atoms with Crippen molar-refractivity contribution in [2.75, 3.05) is 0 Å². The summed E-state index contributed by atoms with van der Waals surface area (Å²) in [7, 11) is 3.60. The molecule has 49 heavy (non-hydrogen) atoms. The smallest absolute Gasteiger partial charge is 0.328 e. The maximum Gasteiger partial charge on any atom is 0.328 e. The zero-order valence-electron chi connectivity index (χ0n) is 26.8. The third-order valence-corrected chi connectivity index (χ3v) is 9.27. The van der Waals surface area contributed by atoms with Gasteiger partial charge in [-0.2, -0.15) is 0 Å². The average Bonchev–Trinajstić information content (AvgIpc) is 3.65. The molecule has 0 aliphatic heterocycles. The molecule has 0 atom stereocenters. The predicted octanol–water partition coefficient (Wildman–Crippen LogP) is 9.30. The first-order chi connectivity index (χ1) is 24.0. The van der Waals surface area contributed by atoms with Gasteiger partial charge in [0.15, 0.2) is 17.5 Å². The number of aromatic nitrogens is 5. The number of furan rings is 1. The van der Waals surface area contributed by atoms with Gasteiger partial charge in [-0.3, -0.25) is 9.13 Å². The number of nitrogens with zero attached hydrogens (tertiary/aromatic N) is 5. The minimum atomic E-state index is -0.0411. The normalized spacial score (nSPS) is 11.6. The number of fused-ring (bicyclic) bond motifs is 4. The second-order valence-electron chi connectivity index (χ2n) is 12.2. The van der Waals surface area contributed by atoms with Gasteiger partial charge < -0.3 is 4.42 Å². The Morgan fingerprint density at radius 1 is 0.469 bits per heavy atom. The van der Waals surface area contributed by atoms with Crippen LogP contribution in [0.1, 0.15) is 0 Å². The minimum Gasteiger partial charge on any atom is -0.455 e. The topological polar surface area (TPSA) is 78.7 Å². The summed E-state index contributed by atoms with van der Waals surface area (Å²) < 4.78 is 9.64. The van der Waals surface area contributed by atoms with Gasteiger partial charge in [0.05, 0.1) is 11.0 Å². The van der Waals surface area contributed by atoms with E-state index in [9.17, 15) is 4.79 Å². The number of aryl methyl sites for hydroxylation is 2. The van der Waals surface area contributed by atoms with Crippen LogP contribution in [0, 0.1) is 0 Å². The molecule has 0 N–H and O–H groups in total. The van der Waals surface area contributed by atoms with Crippen molar-refractivity contribution in [1.82, 2.24) is 24.1 Å². The SMILES string of the molecule is Cn1c(=O)n(C)c2cc(-c3ccc(-c4nc(-c5ccccc5)nc(-c5ccc(-c6cccc7c6oc6ccccc67)cc5)n4)cc3)ccc21. The quantitative estimate of drug-likeness (QED) is 0.188. The summed E-state index contributed by atoms with van der Waals surface area (Å²) in [5.41, 5.74) is 10.3. The number of imidazole rings is 1. The van der Waals surface area contributed by atoms with Gasteiger partial charge in [0, 0.05) is 47.1 Å². The summed E-state index contributed by atoms with van der Waals surface area (Å²) in [6.07, 6.45) is 0. The molecule has 0 aliphatic carbocycles. The number of rotatable bonds is 5. The Bertz CT molecular complexity index is 2740. The van der Waals surface area contributed by atoms with Crippen LogP contribution in [0.15, 0.2) is 149 Å². The van der Waals surface area contributed by atoms with E-state index in [0.29, 0.717) is 17.5 Å². The molecule has 0 aliphatic rings. The van der Waals surface area contributed by atoms with E-state index in [-0.39, 0.29) is 5.69 Å². The molecule has 9 rings (SSSR count). The predicted molar refractivity (Wildman–Crippen MR) is 196 cm³/mol. The zero-order chi connectivity index (χ0) is 33.1. The molecule has 9 aromatic rings. The Hall–Kier alpha value is -6.60. The molecule has 0 radical (unpaired) electrons.